The molecule has 2 aliphatic carbocycles. The lowest BCUT2D eigenvalue weighted by Crippen LogP contribution is -2.36. The quantitative estimate of drug-likeness (QED) is 0.696. The predicted octanol–water partition coefficient (Wildman–Crippen LogP) is 4.02. The Morgan fingerprint density at radius 3 is 2.78 bits per heavy atom. The molecule has 0 bridgehead atoms. The first-order chi connectivity index (χ1) is 13.2. The maximum absolute atomic E-state index is 12.6. The molecule has 5 heteroatoms. The minimum atomic E-state index is -0.325. The van der Waals surface area contributed by atoms with Gasteiger partial charge in [-0.05, 0) is 56.0 Å². The van der Waals surface area contributed by atoms with Crippen LogP contribution in [0.25, 0.3) is 10.9 Å². The van der Waals surface area contributed by atoms with Gasteiger partial charge in [0.05, 0.1) is 6.42 Å². The fraction of sp³-hybridized carbons (Fsp3) is 0.455. The average molecular weight is 366 g/mol. The van der Waals surface area contributed by atoms with Gasteiger partial charge in [-0.3, -0.25) is 9.59 Å². The number of para-hydroxylation sites is 1. The molecule has 1 aromatic heterocycles. The van der Waals surface area contributed by atoms with Gasteiger partial charge in [-0.25, -0.2) is 0 Å². The summed E-state index contributed by atoms with van der Waals surface area (Å²) < 4.78 is 7.34. The smallest absolute Gasteiger partial charge is 0.308 e. The Bertz CT molecular complexity index is 863. The van der Waals surface area contributed by atoms with Gasteiger partial charge >= 0.3 is 5.97 Å². The van der Waals surface area contributed by atoms with Crippen LogP contribution in [0.3, 0.4) is 0 Å². The molecule has 1 amide bonds. The summed E-state index contributed by atoms with van der Waals surface area (Å²) in [5, 5.41) is 1.15. The van der Waals surface area contributed by atoms with Crippen molar-refractivity contribution in [2.24, 2.45) is 0 Å². The Balaban J connectivity index is 1.29. The summed E-state index contributed by atoms with van der Waals surface area (Å²) in [6.45, 7) is 0.400. The van der Waals surface area contributed by atoms with Crippen molar-refractivity contribution in [2.45, 2.75) is 57.5 Å². The Kier molecular flexibility index (Phi) is 5.28. The molecule has 0 aliphatic heterocycles. The first kappa shape index (κ1) is 17.8. The zero-order chi connectivity index (χ0) is 18.6. The highest BCUT2D eigenvalue weighted by Gasteiger charge is 2.35. The third-order valence-corrected chi connectivity index (χ3v) is 5.35. The van der Waals surface area contributed by atoms with E-state index in [1.165, 1.54) is 6.42 Å². The fourth-order valence-electron chi connectivity index (χ4n) is 3.80. The van der Waals surface area contributed by atoms with Crippen LogP contribution in [0.2, 0.25) is 0 Å². The Morgan fingerprint density at radius 2 is 2.00 bits per heavy atom. The minimum Gasteiger partial charge on any atom is -0.455 e. The number of hydrogen-bond acceptors (Lipinski definition) is 3. The lowest BCUT2D eigenvalue weighted by atomic mass is 10.0. The first-order valence-electron chi connectivity index (χ1n) is 9.93. The van der Waals surface area contributed by atoms with E-state index in [1.54, 1.807) is 0 Å². The van der Waals surface area contributed by atoms with Crippen LogP contribution in [0.15, 0.2) is 48.3 Å². The molecular formula is C22H26N2O3. The van der Waals surface area contributed by atoms with Crippen LogP contribution >= 0.6 is 0 Å². The van der Waals surface area contributed by atoms with Crippen molar-refractivity contribution in [1.29, 1.82) is 0 Å². The number of rotatable bonds is 7. The number of allylic oxidation sites excluding steroid dienone is 2. The second kappa shape index (κ2) is 7.99. The Morgan fingerprint density at radius 1 is 1.15 bits per heavy atom. The van der Waals surface area contributed by atoms with Gasteiger partial charge in [0.2, 0.25) is 0 Å². The monoisotopic (exact) mass is 366 g/mol. The molecule has 0 unspecified atom stereocenters. The molecule has 1 saturated carbocycles. The average Bonchev–Trinajstić information content (AvgIpc) is 3.44. The molecule has 2 aromatic rings. The fourth-order valence-corrected chi connectivity index (χ4v) is 3.80. The van der Waals surface area contributed by atoms with Gasteiger partial charge in [0, 0.05) is 30.0 Å². The molecule has 0 spiro atoms. The molecule has 27 heavy (non-hydrogen) atoms. The molecule has 1 fully saturated rings. The number of ether oxygens (including phenoxy) is 1. The van der Waals surface area contributed by atoms with Crippen molar-refractivity contribution in [2.75, 3.05) is 6.61 Å². The van der Waals surface area contributed by atoms with E-state index < -0.39 is 0 Å². The Labute approximate surface area is 159 Å². The first-order valence-corrected chi connectivity index (χ1v) is 9.93. The van der Waals surface area contributed by atoms with Gasteiger partial charge in [0.25, 0.3) is 5.91 Å². The van der Waals surface area contributed by atoms with Gasteiger partial charge < -0.3 is 14.2 Å². The second-order valence-corrected chi connectivity index (χ2v) is 7.41. The van der Waals surface area contributed by atoms with Crippen molar-refractivity contribution in [3.8, 4) is 0 Å². The number of esters is 1. The molecule has 142 valence electrons. The number of benzene rings is 1. The van der Waals surface area contributed by atoms with Gasteiger partial charge in [-0.1, -0.05) is 24.3 Å². The van der Waals surface area contributed by atoms with E-state index in [0.29, 0.717) is 12.6 Å². The molecule has 0 N–H and O–H groups in total. The molecule has 1 heterocycles. The number of carbonyl (C=O) groups is 2. The van der Waals surface area contributed by atoms with Crippen LogP contribution in [0.5, 0.6) is 0 Å². The Hall–Kier alpha value is -2.56. The van der Waals surface area contributed by atoms with Crippen LogP contribution in [0.4, 0.5) is 0 Å². The van der Waals surface area contributed by atoms with Gasteiger partial charge in [-0.15, -0.1) is 0 Å². The normalized spacial score (nSPS) is 16.8. The maximum atomic E-state index is 12.6. The molecule has 0 saturated heterocycles. The van der Waals surface area contributed by atoms with Crippen LogP contribution < -0.4 is 0 Å². The number of carbonyl (C=O) groups excluding carboxylic acids is 2. The molecule has 5 nitrogen and oxygen atoms in total. The summed E-state index contributed by atoms with van der Waals surface area (Å²) in [6, 6.07) is 10.4. The maximum Gasteiger partial charge on any atom is 0.308 e. The highest BCUT2D eigenvalue weighted by atomic mass is 16.5. The van der Waals surface area contributed by atoms with E-state index in [0.717, 1.165) is 48.7 Å². The van der Waals surface area contributed by atoms with E-state index in [9.17, 15) is 9.59 Å². The summed E-state index contributed by atoms with van der Waals surface area (Å²) in [4.78, 5) is 26.7. The third-order valence-electron chi connectivity index (χ3n) is 5.35. The van der Waals surface area contributed by atoms with Crippen molar-refractivity contribution < 1.29 is 14.3 Å². The van der Waals surface area contributed by atoms with Crippen molar-refractivity contribution in [1.82, 2.24) is 9.47 Å². The standard InChI is InChI=1S/C22H26N2O3/c25-21(24(19-10-11-19)18-7-2-1-3-8-18)16-27-22(26)13-15-23-14-12-17-6-4-5-9-20(17)23/h4-7,9,12,14,19H,1-3,8,10-11,13,15-16H2. The molecule has 0 radical (unpaired) electrons. The van der Waals surface area contributed by atoms with Crippen LogP contribution in [0.1, 0.15) is 44.9 Å². The summed E-state index contributed by atoms with van der Waals surface area (Å²) in [6.07, 6.45) is 10.8. The number of aromatic nitrogens is 1. The van der Waals surface area contributed by atoms with Crippen LogP contribution in [0, 0.1) is 0 Å². The molecule has 1 aromatic carbocycles. The minimum absolute atomic E-state index is 0.0783. The van der Waals surface area contributed by atoms with Crippen molar-refractivity contribution in [3.05, 3.63) is 48.3 Å². The van der Waals surface area contributed by atoms with Gasteiger partial charge in [-0.2, -0.15) is 0 Å². The number of nitrogens with zero attached hydrogens (tertiary/aromatic N) is 2. The van der Waals surface area contributed by atoms with E-state index in [4.69, 9.17) is 4.74 Å². The van der Waals surface area contributed by atoms with Gasteiger partial charge in [0.15, 0.2) is 6.61 Å². The largest absolute Gasteiger partial charge is 0.455 e. The van der Waals surface area contributed by atoms with E-state index in [2.05, 4.69) is 12.1 Å². The predicted molar refractivity (Wildman–Crippen MR) is 104 cm³/mol. The summed E-state index contributed by atoms with van der Waals surface area (Å²) in [5.41, 5.74) is 2.23. The SMILES string of the molecule is O=C(CCn1ccc2ccccc21)OCC(=O)N(C1=CCCCC1)C1CC1. The molecular weight excluding hydrogens is 340 g/mol. The van der Waals surface area contributed by atoms with E-state index >= 15 is 0 Å². The van der Waals surface area contributed by atoms with Gasteiger partial charge in [0.1, 0.15) is 0 Å². The zero-order valence-corrected chi connectivity index (χ0v) is 15.6. The number of amides is 1. The lowest BCUT2D eigenvalue weighted by molar-refractivity contribution is -0.151. The van der Waals surface area contributed by atoms with Crippen molar-refractivity contribution in [3.63, 3.8) is 0 Å². The van der Waals surface area contributed by atoms with E-state index in [-0.39, 0.29) is 24.9 Å². The third kappa shape index (κ3) is 4.24. The highest BCUT2D eigenvalue weighted by molar-refractivity contribution is 5.83. The van der Waals surface area contributed by atoms with E-state index in [1.807, 2.05) is 39.9 Å². The lowest BCUT2D eigenvalue weighted by Gasteiger charge is -2.27. The number of fused-ring (bicyclic) bond motifs is 1. The number of hydrogen-bond donors (Lipinski definition) is 0. The summed E-state index contributed by atoms with van der Waals surface area (Å²) in [7, 11) is 0. The molecule has 0 atom stereocenters. The molecule has 4 rings (SSSR count). The topological polar surface area (TPSA) is 51.5 Å². The molecule has 2 aliphatic rings. The van der Waals surface area contributed by atoms with Crippen LogP contribution in [-0.2, 0) is 20.9 Å². The van der Waals surface area contributed by atoms with Crippen molar-refractivity contribution >= 4 is 22.8 Å². The number of aryl methyl sites for hydroxylation is 1. The summed E-state index contributed by atoms with van der Waals surface area (Å²) in [5.74, 6) is -0.403. The van der Waals surface area contributed by atoms with Crippen LogP contribution in [-0.4, -0.2) is 34.0 Å². The summed E-state index contributed by atoms with van der Waals surface area (Å²) >= 11 is 0. The second-order valence-electron chi connectivity index (χ2n) is 7.41. The highest BCUT2D eigenvalue weighted by Crippen LogP contribution is 2.33. The zero-order valence-electron chi connectivity index (χ0n) is 15.6.